The van der Waals surface area contributed by atoms with Gasteiger partial charge in [0.05, 0.1) is 0 Å². The molecular weight excluding hydrogens is 266 g/mol. The Bertz CT molecular complexity index is 523. The van der Waals surface area contributed by atoms with E-state index in [1.54, 1.807) is 0 Å². The van der Waals surface area contributed by atoms with Crippen LogP contribution in [0.4, 0.5) is 0 Å². The van der Waals surface area contributed by atoms with Crippen molar-refractivity contribution < 1.29 is 9.59 Å². The Balaban J connectivity index is 1.56. The number of aryl methyl sites for hydroxylation is 1. The van der Waals surface area contributed by atoms with E-state index in [1.165, 1.54) is 0 Å². The molecule has 2 aliphatic rings. The third-order valence-electron chi connectivity index (χ3n) is 4.71. The van der Waals surface area contributed by atoms with E-state index in [9.17, 15) is 9.59 Å². The molecule has 0 N–H and O–H groups in total. The summed E-state index contributed by atoms with van der Waals surface area (Å²) in [6.45, 7) is 3.21. The van der Waals surface area contributed by atoms with Crippen LogP contribution in [0.1, 0.15) is 36.2 Å². The monoisotopic (exact) mass is 289 g/mol. The molecule has 0 atom stereocenters. The van der Waals surface area contributed by atoms with Gasteiger partial charge in [0.2, 0.25) is 5.91 Å². The van der Waals surface area contributed by atoms with Gasteiger partial charge in [-0.25, -0.2) is 0 Å². The van der Waals surface area contributed by atoms with Crippen LogP contribution in [0.15, 0.2) is 18.3 Å². The average Bonchev–Trinajstić information content (AvgIpc) is 3.17. The molecule has 5 nitrogen and oxygen atoms in total. The minimum absolute atomic E-state index is 0.0783. The van der Waals surface area contributed by atoms with Crippen LogP contribution in [0.3, 0.4) is 0 Å². The van der Waals surface area contributed by atoms with Crippen molar-refractivity contribution in [3.05, 3.63) is 24.0 Å². The molecule has 0 saturated carbocycles. The van der Waals surface area contributed by atoms with Gasteiger partial charge in [0.15, 0.2) is 0 Å². The molecule has 21 heavy (non-hydrogen) atoms. The molecule has 0 radical (unpaired) electrons. The third-order valence-corrected chi connectivity index (χ3v) is 4.71. The molecule has 1 aromatic rings. The lowest BCUT2D eigenvalue weighted by Gasteiger charge is -2.33. The van der Waals surface area contributed by atoms with E-state index >= 15 is 0 Å². The number of likely N-dealkylation sites (tertiary alicyclic amines) is 2. The molecule has 0 unspecified atom stereocenters. The zero-order valence-electron chi connectivity index (χ0n) is 12.6. The quantitative estimate of drug-likeness (QED) is 0.828. The maximum absolute atomic E-state index is 12.4. The summed E-state index contributed by atoms with van der Waals surface area (Å²) in [6, 6.07) is 3.74. The number of rotatable bonds is 2. The summed E-state index contributed by atoms with van der Waals surface area (Å²) in [5, 5.41) is 0. The third kappa shape index (κ3) is 2.82. The topological polar surface area (TPSA) is 45.6 Å². The Morgan fingerprint density at radius 3 is 2.29 bits per heavy atom. The second-order valence-electron chi connectivity index (χ2n) is 6.10. The van der Waals surface area contributed by atoms with Crippen LogP contribution < -0.4 is 0 Å². The predicted octanol–water partition coefficient (Wildman–Crippen LogP) is 1.50. The van der Waals surface area contributed by atoms with Crippen molar-refractivity contribution >= 4 is 11.8 Å². The fourth-order valence-electron chi connectivity index (χ4n) is 3.37. The van der Waals surface area contributed by atoms with E-state index in [0.717, 1.165) is 44.5 Å². The van der Waals surface area contributed by atoms with E-state index in [0.29, 0.717) is 19.0 Å². The smallest absolute Gasteiger partial charge is 0.270 e. The molecule has 0 aromatic carbocycles. The summed E-state index contributed by atoms with van der Waals surface area (Å²) in [5.41, 5.74) is 0.722. The van der Waals surface area contributed by atoms with Crippen LogP contribution in [0.5, 0.6) is 0 Å². The van der Waals surface area contributed by atoms with Crippen molar-refractivity contribution in [2.24, 2.45) is 13.0 Å². The number of carbonyl (C=O) groups is 2. The first-order chi connectivity index (χ1) is 10.2. The van der Waals surface area contributed by atoms with Gasteiger partial charge in [-0.2, -0.15) is 0 Å². The molecule has 2 saturated heterocycles. The largest absolute Gasteiger partial charge is 0.347 e. The Labute approximate surface area is 125 Å². The fourth-order valence-corrected chi connectivity index (χ4v) is 3.37. The van der Waals surface area contributed by atoms with Gasteiger partial charge in [-0.15, -0.1) is 0 Å². The first-order valence-electron chi connectivity index (χ1n) is 7.86. The van der Waals surface area contributed by atoms with Crippen LogP contribution in [-0.2, 0) is 11.8 Å². The summed E-state index contributed by atoms with van der Waals surface area (Å²) in [6.07, 6.45) is 5.75. The van der Waals surface area contributed by atoms with E-state index in [2.05, 4.69) is 0 Å². The van der Waals surface area contributed by atoms with Gasteiger partial charge in [-0.1, -0.05) is 0 Å². The SMILES string of the molecule is Cn1cccc1C(=O)N1CCC(C(=O)N2CCCC2)CC1. The van der Waals surface area contributed by atoms with E-state index in [-0.39, 0.29) is 11.8 Å². The van der Waals surface area contributed by atoms with Gasteiger partial charge < -0.3 is 14.4 Å². The molecule has 2 aliphatic heterocycles. The Morgan fingerprint density at radius 1 is 1.05 bits per heavy atom. The molecule has 3 heterocycles. The number of aromatic nitrogens is 1. The molecule has 1 aromatic heterocycles. The fraction of sp³-hybridized carbons (Fsp3) is 0.625. The van der Waals surface area contributed by atoms with Gasteiger partial charge in [0, 0.05) is 45.3 Å². The Hall–Kier alpha value is -1.78. The van der Waals surface area contributed by atoms with E-state index < -0.39 is 0 Å². The van der Waals surface area contributed by atoms with Crippen molar-refractivity contribution in [1.82, 2.24) is 14.4 Å². The maximum Gasteiger partial charge on any atom is 0.270 e. The standard InChI is InChI=1S/C16H23N3O2/c1-17-8-4-5-14(17)16(21)19-11-6-13(7-12-19)15(20)18-9-2-3-10-18/h4-5,8,13H,2-3,6-7,9-12H2,1H3. The average molecular weight is 289 g/mol. The van der Waals surface area contributed by atoms with Crippen LogP contribution in [0, 0.1) is 5.92 Å². The highest BCUT2D eigenvalue weighted by Gasteiger charge is 2.31. The summed E-state index contributed by atoms with van der Waals surface area (Å²) in [7, 11) is 1.89. The van der Waals surface area contributed by atoms with Crippen LogP contribution >= 0.6 is 0 Å². The minimum atomic E-state index is 0.0783. The van der Waals surface area contributed by atoms with Gasteiger partial charge in [0.25, 0.3) is 5.91 Å². The number of carbonyl (C=O) groups excluding carboxylic acids is 2. The number of amides is 2. The molecule has 0 spiro atoms. The van der Waals surface area contributed by atoms with E-state index in [4.69, 9.17) is 0 Å². The van der Waals surface area contributed by atoms with Crippen molar-refractivity contribution in [2.75, 3.05) is 26.2 Å². The minimum Gasteiger partial charge on any atom is -0.347 e. The number of nitrogens with zero attached hydrogens (tertiary/aromatic N) is 3. The molecular formula is C16H23N3O2. The molecule has 2 amide bonds. The van der Waals surface area contributed by atoms with Gasteiger partial charge in [0.1, 0.15) is 5.69 Å². The van der Waals surface area contributed by atoms with Crippen molar-refractivity contribution in [1.29, 1.82) is 0 Å². The Kier molecular flexibility index (Phi) is 3.99. The first kappa shape index (κ1) is 14.2. The summed E-state index contributed by atoms with van der Waals surface area (Å²) in [4.78, 5) is 28.7. The Morgan fingerprint density at radius 2 is 1.71 bits per heavy atom. The van der Waals surface area contributed by atoms with Crippen molar-refractivity contribution in [3.8, 4) is 0 Å². The molecule has 0 bridgehead atoms. The zero-order valence-corrected chi connectivity index (χ0v) is 12.6. The van der Waals surface area contributed by atoms with Crippen LogP contribution in [-0.4, -0.2) is 52.4 Å². The lowest BCUT2D eigenvalue weighted by molar-refractivity contribution is -0.135. The zero-order chi connectivity index (χ0) is 14.8. The number of hydrogen-bond donors (Lipinski definition) is 0. The molecule has 5 heteroatoms. The van der Waals surface area contributed by atoms with Gasteiger partial charge in [-0.05, 0) is 37.8 Å². The van der Waals surface area contributed by atoms with Crippen molar-refractivity contribution in [3.63, 3.8) is 0 Å². The molecule has 2 fully saturated rings. The lowest BCUT2D eigenvalue weighted by atomic mass is 9.95. The highest BCUT2D eigenvalue weighted by atomic mass is 16.2. The lowest BCUT2D eigenvalue weighted by Crippen LogP contribution is -2.44. The number of hydrogen-bond acceptors (Lipinski definition) is 2. The highest BCUT2D eigenvalue weighted by Crippen LogP contribution is 2.23. The highest BCUT2D eigenvalue weighted by molar-refractivity contribution is 5.93. The second kappa shape index (κ2) is 5.92. The molecule has 3 rings (SSSR count). The van der Waals surface area contributed by atoms with Crippen molar-refractivity contribution in [2.45, 2.75) is 25.7 Å². The van der Waals surface area contributed by atoms with Crippen LogP contribution in [0.25, 0.3) is 0 Å². The molecule has 0 aliphatic carbocycles. The second-order valence-corrected chi connectivity index (χ2v) is 6.10. The van der Waals surface area contributed by atoms with E-state index in [1.807, 2.05) is 39.7 Å². The predicted molar refractivity (Wildman–Crippen MR) is 79.9 cm³/mol. The van der Waals surface area contributed by atoms with Gasteiger partial charge >= 0.3 is 0 Å². The summed E-state index contributed by atoms with van der Waals surface area (Å²) in [5.74, 6) is 0.494. The summed E-state index contributed by atoms with van der Waals surface area (Å²) < 4.78 is 1.85. The van der Waals surface area contributed by atoms with Crippen LogP contribution in [0.2, 0.25) is 0 Å². The number of piperidine rings is 1. The van der Waals surface area contributed by atoms with Gasteiger partial charge in [-0.3, -0.25) is 9.59 Å². The normalized spacial score (nSPS) is 20.0. The maximum atomic E-state index is 12.4. The first-order valence-corrected chi connectivity index (χ1v) is 7.86. The summed E-state index contributed by atoms with van der Waals surface area (Å²) >= 11 is 0. The molecule has 114 valence electrons.